The van der Waals surface area contributed by atoms with Crippen LogP contribution in [0.5, 0.6) is 0 Å². The van der Waals surface area contributed by atoms with Crippen LogP contribution in [0.2, 0.25) is 0 Å². The Morgan fingerprint density at radius 3 is 2.27 bits per heavy atom. The SMILES string of the molecule is CNC(=O)CCNC(=O)CCCC(=O)O. The van der Waals surface area contributed by atoms with Gasteiger partial charge in [-0.15, -0.1) is 0 Å². The van der Waals surface area contributed by atoms with E-state index in [1.54, 1.807) is 0 Å². The minimum atomic E-state index is -0.909. The molecule has 0 radical (unpaired) electrons. The summed E-state index contributed by atoms with van der Waals surface area (Å²) in [7, 11) is 1.52. The highest BCUT2D eigenvalue weighted by molar-refractivity contribution is 5.79. The summed E-state index contributed by atoms with van der Waals surface area (Å²) < 4.78 is 0. The molecule has 0 saturated heterocycles. The van der Waals surface area contributed by atoms with Gasteiger partial charge in [0.15, 0.2) is 0 Å². The van der Waals surface area contributed by atoms with Gasteiger partial charge in [-0.05, 0) is 6.42 Å². The number of hydrogen-bond donors (Lipinski definition) is 3. The van der Waals surface area contributed by atoms with Gasteiger partial charge in [0.05, 0.1) is 0 Å². The quantitative estimate of drug-likeness (QED) is 0.534. The number of nitrogens with one attached hydrogen (secondary N) is 2. The Kier molecular flexibility index (Phi) is 6.96. The Morgan fingerprint density at radius 1 is 1.07 bits per heavy atom. The van der Waals surface area contributed by atoms with Crippen LogP contribution in [0, 0.1) is 0 Å². The highest BCUT2D eigenvalue weighted by atomic mass is 16.4. The van der Waals surface area contributed by atoms with Gasteiger partial charge in [0, 0.05) is 32.9 Å². The number of carbonyl (C=O) groups excluding carboxylic acids is 2. The number of rotatable bonds is 7. The molecule has 0 unspecified atom stereocenters. The fourth-order valence-corrected chi connectivity index (χ4v) is 0.929. The normalized spacial score (nSPS) is 9.40. The van der Waals surface area contributed by atoms with E-state index in [0.29, 0.717) is 6.42 Å². The number of carbonyl (C=O) groups is 3. The van der Waals surface area contributed by atoms with Crippen LogP contribution in [0.3, 0.4) is 0 Å². The maximum Gasteiger partial charge on any atom is 0.303 e. The van der Waals surface area contributed by atoms with Crippen molar-refractivity contribution in [1.82, 2.24) is 10.6 Å². The molecule has 0 aliphatic heterocycles. The maximum absolute atomic E-state index is 11.1. The van der Waals surface area contributed by atoms with E-state index in [1.807, 2.05) is 0 Å². The first-order valence-electron chi connectivity index (χ1n) is 4.75. The topological polar surface area (TPSA) is 95.5 Å². The van der Waals surface area contributed by atoms with Crippen molar-refractivity contribution in [2.24, 2.45) is 0 Å². The maximum atomic E-state index is 11.1. The molecule has 6 nitrogen and oxygen atoms in total. The Morgan fingerprint density at radius 2 is 1.73 bits per heavy atom. The molecule has 0 saturated carbocycles. The predicted octanol–water partition coefficient (Wildman–Crippen LogP) is -0.506. The molecule has 2 amide bonds. The summed E-state index contributed by atoms with van der Waals surface area (Å²) in [5.74, 6) is -1.27. The first-order valence-corrected chi connectivity index (χ1v) is 4.75. The van der Waals surface area contributed by atoms with E-state index in [4.69, 9.17) is 5.11 Å². The molecule has 6 heteroatoms. The number of amides is 2. The molecule has 0 aliphatic carbocycles. The predicted molar refractivity (Wildman–Crippen MR) is 53.2 cm³/mol. The second-order valence-electron chi connectivity index (χ2n) is 3.02. The molecule has 0 aliphatic rings. The largest absolute Gasteiger partial charge is 0.481 e. The van der Waals surface area contributed by atoms with Gasteiger partial charge in [-0.25, -0.2) is 0 Å². The summed E-state index contributed by atoms with van der Waals surface area (Å²) in [6.07, 6.45) is 0.727. The average molecular weight is 216 g/mol. The molecule has 0 heterocycles. The van der Waals surface area contributed by atoms with Crippen molar-refractivity contribution in [3.63, 3.8) is 0 Å². The van der Waals surface area contributed by atoms with Crippen molar-refractivity contribution in [2.45, 2.75) is 25.7 Å². The van der Waals surface area contributed by atoms with Crippen LogP contribution >= 0.6 is 0 Å². The van der Waals surface area contributed by atoms with E-state index in [9.17, 15) is 14.4 Å². The summed E-state index contributed by atoms with van der Waals surface area (Å²) in [5, 5.41) is 13.3. The van der Waals surface area contributed by atoms with Crippen molar-refractivity contribution in [1.29, 1.82) is 0 Å². The third-order valence-corrected chi connectivity index (χ3v) is 1.75. The van der Waals surface area contributed by atoms with Crippen LogP contribution in [0.25, 0.3) is 0 Å². The molecular weight excluding hydrogens is 200 g/mol. The first kappa shape index (κ1) is 13.4. The highest BCUT2D eigenvalue weighted by Gasteiger charge is 2.04. The molecule has 0 rings (SSSR count). The molecular formula is C9H16N2O4. The van der Waals surface area contributed by atoms with E-state index in [1.165, 1.54) is 7.05 Å². The van der Waals surface area contributed by atoms with Crippen LogP contribution in [0.1, 0.15) is 25.7 Å². The van der Waals surface area contributed by atoms with Gasteiger partial charge in [-0.2, -0.15) is 0 Å². The average Bonchev–Trinajstić information content (AvgIpc) is 2.17. The van der Waals surface area contributed by atoms with E-state index in [-0.39, 0.29) is 37.6 Å². The third kappa shape index (κ3) is 8.73. The van der Waals surface area contributed by atoms with E-state index >= 15 is 0 Å². The van der Waals surface area contributed by atoms with E-state index in [0.717, 1.165) is 0 Å². The molecule has 0 spiro atoms. The minimum absolute atomic E-state index is 0.0110. The Bertz CT molecular complexity index is 240. The molecule has 0 aromatic carbocycles. The Balaban J connectivity index is 3.41. The van der Waals surface area contributed by atoms with Crippen molar-refractivity contribution >= 4 is 17.8 Å². The van der Waals surface area contributed by atoms with Crippen molar-refractivity contribution in [3.05, 3.63) is 0 Å². The molecule has 0 bridgehead atoms. The zero-order valence-corrected chi connectivity index (χ0v) is 8.71. The first-order chi connectivity index (χ1) is 7.06. The standard InChI is InChI=1S/C9H16N2O4/c1-10-7(12)5-6-11-8(13)3-2-4-9(14)15/h2-6H2,1H3,(H,10,12)(H,11,13)(H,14,15). The van der Waals surface area contributed by atoms with E-state index < -0.39 is 5.97 Å². The fraction of sp³-hybridized carbons (Fsp3) is 0.667. The van der Waals surface area contributed by atoms with Gasteiger partial charge in [0.2, 0.25) is 11.8 Å². The van der Waals surface area contributed by atoms with Crippen LogP contribution in [-0.2, 0) is 14.4 Å². The van der Waals surface area contributed by atoms with Gasteiger partial charge in [0.25, 0.3) is 0 Å². The summed E-state index contributed by atoms with van der Waals surface area (Å²) >= 11 is 0. The Labute approximate surface area is 88.0 Å². The highest BCUT2D eigenvalue weighted by Crippen LogP contribution is 1.94. The third-order valence-electron chi connectivity index (χ3n) is 1.75. The molecule has 86 valence electrons. The second kappa shape index (κ2) is 7.78. The lowest BCUT2D eigenvalue weighted by atomic mass is 10.2. The second-order valence-corrected chi connectivity index (χ2v) is 3.02. The Hall–Kier alpha value is -1.59. The molecule has 3 N–H and O–H groups in total. The summed E-state index contributed by atoms with van der Waals surface area (Å²) in [6.45, 7) is 0.283. The lowest BCUT2D eigenvalue weighted by Gasteiger charge is -2.03. The van der Waals surface area contributed by atoms with Crippen molar-refractivity contribution < 1.29 is 19.5 Å². The zero-order chi connectivity index (χ0) is 11.7. The lowest BCUT2D eigenvalue weighted by Crippen LogP contribution is -2.29. The molecule has 15 heavy (non-hydrogen) atoms. The number of carboxylic acid groups (broad SMARTS) is 1. The van der Waals surface area contributed by atoms with Crippen molar-refractivity contribution in [2.75, 3.05) is 13.6 Å². The van der Waals surface area contributed by atoms with Crippen LogP contribution < -0.4 is 10.6 Å². The molecule has 0 aromatic rings. The van der Waals surface area contributed by atoms with Gasteiger partial charge < -0.3 is 15.7 Å². The smallest absolute Gasteiger partial charge is 0.303 e. The molecule has 0 aromatic heterocycles. The van der Waals surface area contributed by atoms with Crippen molar-refractivity contribution in [3.8, 4) is 0 Å². The van der Waals surface area contributed by atoms with Gasteiger partial charge in [-0.3, -0.25) is 14.4 Å². The monoisotopic (exact) mass is 216 g/mol. The number of hydrogen-bond acceptors (Lipinski definition) is 3. The van der Waals surface area contributed by atoms with Gasteiger partial charge in [0.1, 0.15) is 0 Å². The van der Waals surface area contributed by atoms with Crippen LogP contribution in [0.4, 0.5) is 0 Å². The van der Waals surface area contributed by atoms with Gasteiger partial charge in [-0.1, -0.05) is 0 Å². The van der Waals surface area contributed by atoms with E-state index in [2.05, 4.69) is 10.6 Å². The van der Waals surface area contributed by atoms with Gasteiger partial charge >= 0.3 is 5.97 Å². The summed E-state index contributed by atoms with van der Waals surface area (Å²) in [5.41, 5.74) is 0. The summed E-state index contributed by atoms with van der Waals surface area (Å²) in [6, 6.07) is 0. The van der Waals surface area contributed by atoms with Crippen LogP contribution in [0.15, 0.2) is 0 Å². The number of aliphatic carboxylic acids is 1. The molecule has 0 atom stereocenters. The summed E-state index contributed by atoms with van der Waals surface area (Å²) in [4.78, 5) is 32.0. The lowest BCUT2D eigenvalue weighted by molar-refractivity contribution is -0.137. The zero-order valence-electron chi connectivity index (χ0n) is 8.71. The number of carboxylic acids is 1. The minimum Gasteiger partial charge on any atom is -0.481 e. The molecule has 0 fully saturated rings. The fourth-order valence-electron chi connectivity index (χ4n) is 0.929. The van der Waals surface area contributed by atoms with Crippen LogP contribution in [-0.4, -0.2) is 36.5 Å².